The Balaban J connectivity index is 0.809. The quantitative estimate of drug-likeness (QED) is 0.145. The number of benzene rings is 12. The first-order valence-electron chi connectivity index (χ1n) is 27.7. The lowest BCUT2D eigenvalue weighted by Crippen LogP contribution is -2.28. The lowest BCUT2D eigenvalue weighted by atomic mass is 9.67. The molecule has 12 aromatic carbocycles. The van der Waals surface area contributed by atoms with Gasteiger partial charge in [-0.05, 0) is 107 Å². The summed E-state index contributed by atoms with van der Waals surface area (Å²) in [4.78, 5) is 16.4. The van der Waals surface area contributed by atoms with Crippen LogP contribution in [0.5, 0.6) is 0 Å². The summed E-state index contributed by atoms with van der Waals surface area (Å²) in [6.07, 6.45) is 0. The Labute approximate surface area is 474 Å². The largest absolute Gasteiger partial charge is 0.208 e. The van der Waals surface area contributed by atoms with Gasteiger partial charge in [-0.1, -0.05) is 279 Å². The number of aromatic nitrogens is 3. The number of rotatable bonds is 9. The maximum absolute atomic E-state index is 5.51. The Morgan fingerprint density at radius 1 is 0.247 bits per heavy atom. The first-order chi connectivity index (χ1) is 40.2. The fourth-order valence-corrected chi connectivity index (χ4v) is 14.9. The van der Waals surface area contributed by atoms with Crippen LogP contribution < -0.4 is 0 Å². The molecule has 0 N–H and O–H groups in total. The summed E-state index contributed by atoms with van der Waals surface area (Å²) in [5, 5.41) is 2.44. The van der Waals surface area contributed by atoms with Gasteiger partial charge in [0.2, 0.25) is 0 Å². The molecule has 2 aromatic heterocycles. The van der Waals surface area contributed by atoms with Crippen molar-refractivity contribution in [3.05, 3.63) is 342 Å². The first kappa shape index (κ1) is 46.9. The molecule has 0 saturated carbocycles. The summed E-state index contributed by atoms with van der Waals surface area (Å²) in [7, 11) is 0. The fraction of sp³-hybridized carbons (Fsp3) is 0.0260. The van der Waals surface area contributed by atoms with Crippen LogP contribution in [0.3, 0.4) is 0 Å². The van der Waals surface area contributed by atoms with Crippen molar-refractivity contribution >= 4 is 31.5 Å². The molecule has 378 valence electrons. The van der Waals surface area contributed by atoms with Gasteiger partial charge in [-0.2, -0.15) is 0 Å². The molecule has 0 saturated heterocycles. The van der Waals surface area contributed by atoms with E-state index < -0.39 is 10.8 Å². The van der Waals surface area contributed by atoms with Crippen molar-refractivity contribution in [3.8, 4) is 78.7 Å². The van der Waals surface area contributed by atoms with Crippen molar-refractivity contribution in [1.82, 2.24) is 15.0 Å². The fourth-order valence-electron chi connectivity index (χ4n) is 13.6. The molecule has 2 aliphatic carbocycles. The molecule has 16 rings (SSSR count). The number of fused-ring (bicyclic) bond motifs is 9. The van der Waals surface area contributed by atoms with Gasteiger partial charge in [0.1, 0.15) is 0 Å². The molecule has 0 unspecified atom stereocenters. The third-order valence-electron chi connectivity index (χ3n) is 17.2. The monoisotopic (exact) mass is 1050 g/mol. The van der Waals surface area contributed by atoms with Gasteiger partial charge in [-0.15, -0.1) is 11.3 Å². The van der Waals surface area contributed by atoms with Crippen LogP contribution in [0.15, 0.2) is 297 Å². The van der Waals surface area contributed by atoms with Crippen LogP contribution in [-0.2, 0) is 10.8 Å². The van der Waals surface area contributed by atoms with E-state index in [1.165, 1.54) is 87.8 Å². The topological polar surface area (TPSA) is 38.7 Å². The lowest BCUT2D eigenvalue weighted by Gasteiger charge is -2.34. The molecular weight excluding hydrogens is 999 g/mol. The summed E-state index contributed by atoms with van der Waals surface area (Å²) < 4.78 is 2.40. The van der Waals surface area contributed by atoms with Gasteiger partial charge >= 0.3 is 0 Å². The van der Waals surface area contributed by atoms with E-state index >= 15 is 0 Å². The zero-order chi connectivity index (χ0) is 53.5. The van der Waals surface area contributed by atoms with E-state index in [-0.39, 0.29) is 0 Å². The summed E-state index contributed by atoms with van der Waals surface area (Å²) in [6.45, 7) is 0. The number of hydrogen-bond donors (Lipinski definition) is 0. The van der Waals surface area contributed by atoms with Crippen LogP contribution >= 0.6 is 11.3 Å². The third-order valence-corrected chi connectivity index (χ3v) is 18.4. The minimum absolute atomic E-state index is 0.457. The maximum Gasteiger partial charge on any atom is 0.165 e. The highest BCUT2D eigenvalue weighted by Crippen LogP contribution is 2.59. The van der Waals surface area contributed by atoms with Crippen molar-refractivity contribution < 1.29 is 0 Å². The van der Waals surface area contributed by atoms with E-state index in [0.717, 1.165) is 38.1 Å². The van der Waals surface area contributed by atoms with E-state index in [1.807, 2.05) is 0 Å². The summed E-state index contributed by atoms with van der Waals surface area (Å²) in [5.74, 6) is 1.90. The SMILES string of the molecule is c1ccc(C2(c3ccccc3)c3ccccc3-c3ccc(-c4ccc(-c5ccc(-c6nc(-c7cccc8c7-c7ccccc7C8(c7ccccc7)c7ccccc7)nc(-c7cccc8c7sc7ccccc78)n6)cc5)cc4)cc32)cc1. The van der Waals surface area contributed by atoms with E-state index in [1.54, 1.807) is 11.3 Å². The molecule has 0 bridgehead atoms. The molecule has 0 radical (unpaired) electrons. The second-order valence-corrected chi connectivity index (χ2v) is 22.3. The van der Waals surface area contributed by atoms with Crippen molar-refractivity contribution in [2.75, 3.05) is 0 Å². The average molecular weight is 1050 g/mol. The van der Waals surface area contributed by atoms with Gasteiger partial charge in [-0.25, -0.2) is 15.0 Å². The van der Waals surface area contributed by atoms with Crippen LogP contribution in [0.4, 0.5) is 0 Å². The van der Waals surface area contributed by atoms with Gasteiger partial charge in [0.25, 0.3) is 0 Å². The molecule has 0 fully saturated rings. The number of thiophene rings is 1. The van der Waals surface area contributed by atoms with Crippen LogP contribution in [0, 0.1) is 0 Å². The molecule has 0 spiro atoms. The van der Waals surface area contributed by atoms with Gasteiger partial charge in [0.15, 0.2) is 17.5 Å². The summed E-state index contributed by atoms with van der Waals surface area (Å²) in [5.41, 5.74) is 21.4. The average Bonchev–Trinajstić information content (AvgIpc) is 4.37. The highest BCUT2D eigenvalue weighted by Gasteiger charge is 2.48. The predicted octanol–water partition coefficient (Wildman–Crippen LogP) is 19.3. The van der Waals surface area contributed by atoms with Gasteiger partial charge < -0.3 is 0 Å². The van der Waals surface area contributed by atoms with Crippen molar-refractivity contribution in [2.45, 2.75) is 10.8 Å². The minimum atomic E-state index is -0.565. The molecule has 0 atom stereocenters. The van der Waals surface area contributed by atoms with Crippen LogP contribution in [0.25, 0.3) is 98.8 Å². The zero-order valence-electron chi connectivity index (χ0n) is 44.0. The minimum Gasteiger partial charge on any atom is -0.208 e. The van der Waals surface area contributed by atoms with E-state index in [2.05, 4.69) is 297 Å². The second-order valence-electron chi connectivity index (χ2n) is 21.3. The first-order valence-corrected chi connectivity index (χ1v) is 28.6. The molecule has 3 nitrogen and oxygen atoms in total. The summed E-state index contributed by atoms with van der Waals surface area (Å²) >= 11 is 1.79. The van der Waals surface area contributed by atoms with Gasteiger partial charge in [0.05, 0.1) is 10.8 Å². The van der Waals surface area contributed by atoms with Gasteiger partial charge in [0, 0.05) is 36.9 Å². The predicted molar refractivity (Wildman–Crippen MR) is 335 cm³/mol. The molecule has 81 heavy (non-hydrogen) atoms. The number of hydrogen-bond acceptors (Lipinski definition) is 4. The Hall–Kier alpha value is -10.1. The standard InChI is InChI=1S/C77H49N3S/c1-5-21-55(22-6-1)76(56-23-7-2-8-24-56)67-36-17-14-31-63(67)71-64(33-20-37-68(71)76)74-78-73(79-75(80-74)65-34-19-32-62-61-30-15-18-38-70(61)81-72(62)65)53-45-43-51(44-46-53)50-39-41-52(42-40-50)54-47-48-60-59-29-13-16-35-66(59)77(69(60)49-54,57-25-9-3-10-26-57)58-27-11-4-12-28-58/h1-49H. The van der Waals surface area contributed by atoms with Crippen LogP contribution in [0.2, 0.25) is 0 Å². The lowest BCUT2D eigenvalue weighted by molar-refractivity contribution is 0.768. The van der Waals surface area contributed by atoms with Crippen LogP contribution in [0.1, 0.15) is 44.5 Å². The third kappa shape index (κ3) is 7.17. The Bertz CT molecular complexity index is 4640. The highest BCUT2D eigenvalue weighted by molar-refractivity contribution is 7.26. The number of nitrogens with zero attached hydrogens (tertiary/aromatic N) is 3. The zero-order valence-corrected chi connectivity index (χ0v) is 44.9. The molecule has 2 aliphatic rings. The molecule has 0 aliphatic heterocycles. The van der Waals surface area contributed by atoms with Crippen molar-refractivity contribution in [2.24, 2.45) is 0 Å². The van der Waals surface area contributed by atoms with Crippen molar-refractivity contribution in [3.63, 3.8) is 0 Å². The normalized spacial score (nSPS) is 13.4. The highest BCUT2D eigenvalue weighted by atomic mass is 32.1. The Morgan fingerprint density at radius 3 is 1.26 bits per heavy atom. The molecule has 0 amide bonds. The van der Waals surface area contributed by atoms with E-state index in [9.17, 15) is 0 Å². The summed E-state index contributed by atoms with van der Waals surface area (Å²) in [6, 6.07) is 108. The Kier molecular flexibility index (Phi) is 10.9. The van der Waals surface area contributed by atoms with Crippen molar-refractivity contribution in [1.29, 1.82) is 0 Å². The second kappa shape index (κ2) is 18.8. The molecule has 14 aromatic rings. The Morgan fingerprint density at radius 2 is 0.642 bits per heavy atom. The van der Waals surface area contributed by atoms with Gasteiger partial charge in [-0.3, -0.25) is 0 Å². The molecule has 2 heterocycles. The van der Waals surface area contributed by atoms with E-state index in [0.29, 0.717) is 17.5 Å². The molecule has 4 heteroatoms. The van der Waals surface area contributed by atoms with E-state index in [4.69, 9.17) is 15.0 Å². The van der Waals surface area contributed by atoms with Crippen LogP contribution in [-0.4, -0.2) is 15.0 Å². The maximum atomic E-state index is 5.51. The smallest absolute Gasteiger partial charge is 0.165 e. The molecular formula is C77H49N3S.